The van der Waals surface area contributed by atoms with Gasteiger partial charge in [-0.1, -0.05) is 152 Å². The van der Waals surface area contributed by atoms with Crippen molar-refractivity contribution in [1.29, 1.82) is 0 Å². The van der Waals surface area contributed by atoms with E-state index in [1.165, 1.54) is 43.1 Å². The molecule has 4 heteroatoms. The second kappa shape index (κ2) is 14.0. The molecule has 0 bridgehead atoms. The Morgan fingerprint density at radius 1 is 0.344 bits per heavy atom. The minimum Gasteiger partial charge on any atom is -0.309 e. The SMILES string of the molecule is Cc1cnc2c3cc(N(c4ccccc4)c4c5ccccc5cc5ccccc45)ccc3c3cccc(N(c4ccccc4)c4c5ccccc5cc5ccccc45)c3c2n1. The molecule has 0 N–H and O–H groups in total. The molecule has 61 heavy (non-hydrogen) atoms. The van der Waals surface area contributed by atoms with Crippen molar-refractivity contribution in [2.75, 3.05) is 9.80 Å². The third-order valence-corrected chi connectivity index (χ3v) is 12.2. The van der Waals surface area contributed by atoms with Gasteiger partial charge in [-0.15, -0.1) is 0 Å². The fourth-order valence-electron chi connectivity index (χ4n) is 9.56. The molecule has 12 aromatic rings. The summed E-state index contributed by atoms with van der Waals surface area (Å²) >= 11 is 0. The first kappa shape index (κ1) is 34.9. The van der Waals surface area contributed by atoms with Gasteiger partial charge in [0, 0.05) is 55.6 Å². The van der Waals surface area contributed by atoms with Gasteiger partial charge in [-0.3, -0.25) is 4.98 Å². The van der Waals surface area contributed by atoms with Crippen molar-refractivity contribution in [1.82, 2.24) is 9.97 Å². The standard InChI is InChI=1S/C57H38N4/c1-37-36-58-54-51-35-44(60(42-21-4-2-5-22-42)56-45-25-12-8-17-38(45)33-39-18-9-13-26-46(39)56)31-32-49(51)50-29-16-30-52(53(50)55(54)59-37)61(43-23-6-3-7-24-43)57-47-27-14-10-19-40(47)34-41-20-11-15-28-48(41)57/h2-36H,1H3. The molecule has 12 rings (SSSR count). The lowest BCUT2D eigenvalue weighted by atomic mass is 9.95. The minimum absolute atomic E-state index is 0.869. The molecule has 0 aliphatic rings. The molecule has 0 fully saturated rings. The normalized spacial score (nSPS) is 11.7. The summed E-state index contributed by atoms with van der Waals surface area (Å²) in [5.74, 6) is 0. The van der Waals surface area contributed by atoms with Gasteiger partial charge in [-0.25, -0.2) is 4.98 Å². The number of nitrogens with zero attached hydrogens (tertiary/aromatic N) is 4. The zero-order valence-electron chi connectivity index (χ0n) is 33.5. The highest BCUT2D eigenvalue weighted by molar-refractivity contribution is 6.28. The molecule has 0 spiro atoms. The maximum atomic E-state index is 5.38. The molecule has 0 amide bonds. The third kappa shape index (κ3) is 5.61. The maximum absolute atomic E-state index is 5.38. The van der Waals surface area contributed by atoms with Crippen LogP contribution < -0.4 is 9.80 Å². The van der Waals surface area contributed by atoms with Crippen molar-refractivity contribution in [3.05, 3.63) is 218 Å². The maximum Gasteiger partial charge on any atom is 0.0996 e. The Labute approximate surface area is 353 Å². The second-order valence-electron chi connectivity index (χ2n) is 15.8. The van der Waals surface area contributed by atoms with Crippen LogP contribution in [0.4, 0.5) is 34.1 Å². The molecular weight excluding hydrogens is 741 g/mol. The molecule has 11 aromatic carbocycles. The quantitative estimate of drug-likeness (QED) is 0.124. The monoisotopic (exact) mass is 778 g/mol. The van der Waals surface area contributed by atoms with E-state index in [-0.39, 0.29) is 0 Å². The number of fused-ring (bicyclic) bond motifs is 10. The van der Waals surface area contributed by atoms with Crippen LogP contribution in [0.1, 0.15) is 5.69 Å². The van der Waals surface area contributed by atoms with E-state index in [9.17, 15) is 0 Å². The van der Waals surface area contributed by atoms with Crippen molar-refractivity contribution in [3.8, 4) is 0 Å². The Morgan fingerprint density at radius 3 is 1.38 bits per heavy atom. The summed E-state index contributed by atoms with van der Waals surface area (Å²) in [6, 6.07) is 74.5. The van der Waals surface area contributed by atoms with Gasteiger partial charge in [0.25, 0.3) is 0 Å². The largest absolute Gasteiger partial charge is 0.309 e. The number of para-hydroxylation sites is 2. The lowest BCUT2D eigenvalue weighted by Gasteiger charge is -2.30. The summed E-state index contributed by atoms with van der Waals surface area (Å²) < 4.78 is 0. The lowest BCUT2D eigenvalue weighted by Crippen LogP contribution is -2.12. The van der Waals surface area contributed by atoms with Crippen LogP contribution >= 0.6 is 0 Å². The summed E-state index contributed by atoms with van der Waals surface area (Å²) in [6.07, 6.45) is 1.91. The highest BCUT2D eigenvalue weighted by atomic mass is 15.2. The van der Waals surface area contributed by atoms with Gasteiger partial charge in [0.2, 0.25) is 0 Å². The third-order valence-electron chi connectivity index (χ3n) is 12.2. The average molecular weight is 779 g/mol. The second-order valence-corrected chi connectivity index (χ2v) is 15.8. The van der Waals surface area contributed by atoms with E-state index in [0.29, 0.717) is 0 Å². The van der Waals surface area contributed by atoms with E-state index in [0.717, 1.165) is 72.4 Å². The first-order valence-electron chi connectivity index (χ1n) is 20.8. The molecule has 0 radical (unpaired) electrons. The Kier molecular flexibility index (Phi) is 8.04. The van der Waals surface area contributed by atoms with E-state index in [2.05, 4.69) is 216 Å². The van der Waals surface area contributed by atoms with Crippen LogP contribution in [0.5, 0.6) is 0 Å². The van der Waals surface area contributed by atoms with Crippen molar-refractivity contribution in [2.24, 2.45) is 0 Å². The molecule has 1 aromatic heterocycles. The zero-order valence-corrected chi connectivity index (χ0v) is 33.5. The van der Waals surface area contributed by atoms with Crippen LogP contribution in [-0.4, -0.2) is 9.97 Å². The first-order valence-corrected chi connectivity index (χ1v) is 20.8. The van der Waals surface area contributed by atoms with E-state index in [1.807, 2.05) is 13.1 Å². The van der Waals surface area contributed by atoms with E-state index >= 15 is 0 Å². The average Bonchev–Trinajstić information content (AvgIpc) is 3.32. The summed E-state index contributed by atoms with van der Waals surface area (Å²) in [6.45, 7) is 2.04. The summed E-state index contributed by atoms with van der Waals surface area (Å²) in [5, 5.41) is 13.9. The number of rotatable bonds is 6. The molecule has 0 saturated carbocycles. The smallest absolute Gasteiger partial charge is 0.0996 e. The van der Waals surface area contributed by atoms with Gasteiger partial charge in [0.1, 0.15) is 0 Å². The molecule has 0 atom stereocenters. The highest BCUT2D eigenvalue weighted by Gasteiger charge is 2.25. The van der Waals surface area contributed by atoms with Crippen molar-refractivity contribution in [3.63, 3.8) is 0 Å². The molecular formula is C57H38N4. The summed E-state index contributed by atoms with van der Waals surface area (Å²) in [7, 11) is 0. The minimum atomic E-state index is 0.869. The van der Waals surface area contributed by atoms with E-state index < -0.39 is 0 Å². The fraction of sp³-hybridized carbons (Fsp3) is 0.0175. The van der Waals surface area contributed by atoms with Crippen LogP contribution in [0.2, 0.25) is 0 Å². The molecule has 4 nitrogen and oxygen atoms in total. The molecule has 0 saturated heterocycles. The Balaban J connectivity index is 1.18. The molecule has 0 aliphatic carbocycles. The molecule has 286 valence electrons. The summed E-state index contributed by atoms with van der Waals surface area (Å²) in [4.78, 5) is 15.5. The van der Waals surface area contributed by atoms with Crippen LogP contribution in [0.15, 0.2) is 212 Å². The Hall–Kier alpha value is -8.08. The zero-order chi connectivity index (χ0) is 40.4. The molecule has 0 unspecified atom stereocenters. The molecule has 1 heterocycles. The van der Waals surface area contributed by atoms with Crippen molar-refractivity contribution < 1.29 is 0 Å². The van der Waals surface area contributed by atoms with Gasteiger partial charge in [-0.2, -0.15) is 0 Å². The van der Waals surface area contributed by atoms with Crippen LogP contribution in [0.25, 0.3) is 75.7 Å². The van der Waals surface area contributed by atoms with Gasteiger partial charge in [0.15, 0.2) is 0 Å². The number of aryl methyl sites for hydroxylation is 1. The summed E-state index contributed by atoms with van der Waals surface area (Å²) in [5.41, 5.74) is 9.15. The van der Waals surface area contributed by atoms with Crippen LogP contribution in [-0.2, 0) is 0 Å². The van der Waals surface area contributed by atoms with Crippen LogP contribution in [0, 0.1) is 6.92 Å². The molecule has 0 aliphatic heterocycles. The number of hydrogen-bond donors (Lipinski definition) is 0. The predicted octanol–water partition coefficient (Wildman–Crippen LogP) is 15.8. The fourth-order valence-corrected chi connectivity index (χ4v) is 9.56. The van der Waals surface area contributed by atoms with Gasteiger partial charge < -0.3 is 9.80 Å². The highest BCUT2D eigenvalue weighted by Crippen LogP contribution is 2.50. The topological polar surface area (TPSA) is 32.3 Å². The van der Waals surface area contributed by atoms with Gasteiger partial charge in [0.05, 0.1) is 33.8 Å². The Morgan fingerprint density at radius 2 is 0.820 bits per heavy atom. The first-order chi connectivity index (χ1) is 30.2. The lowest BCUT2D eigenvalue weighted by molar-refractivity contribution is 1.19. The van der Waals surface area contributed by atoms with E-state index in [1.54, 1.807) is 0 Å². The predicted molar refractivity (Wildman–Crippen MR) is 259 cm³/mol. The number of hydrogen-bond acceptors (Lipinski definition) is 4. The number of anilines is 6. The van der Waals surface area contributed by atoms with Crippen LogP contribution in [0.3, 0.4) is 0 Å². The van der Waals surface area contributed by atoms with E-state index in [4.69, 9.17) is 9.97 Å². The Bertz CT molecular complexity index is 3560. The van der Waals surface area contributed by atoms with Crippen molar-refractivity contribution >= 4 is 110 Å². The van der Waals surface area contributed by atoms with Gasteiger partial charge in [-0.05, 0) is 93.8 Å². The number of aromatic nitrogens is 2. The van der Waals surface area contributed by atoms with Crippen molar-refractivity contribution in [2.45, 2.75) is 6.92 Å². The number of benzene rings is 11. The van der Waals surface area contributed by atoms with Gasteiger partial charge >= 0.3 is 0 Å².